The van der Waals surface area contributed by atoms with Gasteiger partial charge in [-0.2, -0.15) is 0 Å². The van der Waals surface area contributed by atoms with Crippen molar-refractivity contribution in [3.8, 4) is 0 Å². The van der Waals surface area contributed by atoms with Crippen molar-refractivity contribution in [3.63, 3.8) is 0 Å². The van der Waals surface area contributed by atoms with Crippen LogP contribution in [0.25, 0.3) is 0 Å². The fourth-order valence-electron chi connectivity index (χ4n) is 1.84. The molecular formula is C14H21ClN2O2. The lowest BCUT2D eigenvalue weighted by atomic mass is 10.1. The van der Waals surface area contributed by atoms with Gasteiger partial charge in [0.05, 0.1) is 6.04 Å². The largest absolute Gasteiger partial charge is 0.385 e. The van der Waals surface area contributed by atoms with E-state index in [9.17, 15) is 4.79 Å². The maximum atomic E-state index is 12.1. The molecule has 0 radical (unpaired) electrons. The molecule has 4 nitrogen and oxygen atoms in total. The van der Waals surface area contributed by atoms with Crippen molar-refractivity contribution in [1.82, 2.24) is 4.90 Å². The van der Waals surface area contributed by atoms with Crippen LogP contribution in [0, 0.1) is 0 Å². The number of hydrogen-bond donors (Lipinski definition) is 1. The Balaban J connectivity index is 2.48. The third-order valence-electron chi connectivity index (χ3n) is 2.87. The zero-order valence-corrected chi connectivity index (χ0v) is 12.2. The van der Waals surface area contributed by atoms with E-state index in [0.717, 1.165) is 12.0 Å². The first-order valence-electron chi connectivity index (χ1n) is 6.28. The maximum absolute atomic E-state index is 12.1. The molecule has 1 aromatic carbocycles. The Morgan fingerprint density at radius 3 is 2.89 bits per heavy atom. The number of rotatable bonds is 7. The summed E-state index contributed by atoms with van der Waals surface area (Å²) in [6.45, 7) is 1.14. The van der Waals surface area contributed by atoms with Gasteiger partial charge >= 0.3 is 0 Å². The average Bonchev–Trinajstić information content (AvgIpc) is 2.38. The van der Waals surface area contributed by atoms with Gasteiger partial charge in [-0.25, -0.2) is 0 Å². The number of hydrogen-bond acceptors (Lipinski definition) is 3. The second-order valence-electron chi connectivity index (χ2n) is 4.57. The van der Waals surface area contributed by atoms with Crippen LogP contribution in [0.1, 0.15) is 18.4 Å². The number of nitrogens with zero attached hydrogens (tertiary/aromatic N) is 1. The second-order valence-corrected chi connectivity index (χ2v) is 5.00. The van der Waals surface area contributed by atoms with E-state index in [-0.39, 0.29) is 5.91 Å². The van der Waals surface area contributed by atoms with Gasteiger partial charge in [0.25, 0.3) is 0 Å². The van der Waals surface area contributed by atoms with Crippen molar-refractivity contribution in [3.05, 3.63) is 34.9 Å². The summed E-state index contributed by atoms with van der Waals surface area (Å²) < 4.78 is 4.95. The Kier molecular flexibility index (Phi) is 6.84. The number of methoxy groups -OCH3 is 1. The average molecular weight is 285 g/mol. The lowest BCUT2D eigenvalue weighted by Crippen LogP contribution is -2.41. The lowest BCUT2D eigenvalue weighted by molar-refractivity contribution is -0.132. The molecule has 0 saturated carbocycles. The molecule has 1 rings (SSSR count). The van der Waals surface area contributed by atoms with E-state index in [0.29, 0.717) is 24.6 Å². The van der Waals surface area contributed by atoms with Crippen molar-refractivity contribution >= 4 is 17.5 Å². The van der Waals surface area contributed by atoms with Crippen LogP contribution in [-0.2, 0) is 16.1 Å². The zero-order chi connectivity index (χ0) is 14.3. The van der Waals surface area contributed by atoms with Gasteiger partial charge in [-0.15, -0.1) is 0 Å². The Labute approximate surface area is 119 Å². The van der Waals surface area contributed by atoms with Crippen LogP contribution >= 0.6 is 11.6 Å². The van der Waals surface area contributed by atoms with Crippen LogP contribution in [0.4, 0.5) is 0 Å². The van der Waals surface area contributed by atoms with Gasteiger partial charge in [-0.1, -0.05) is 23.7 Å². The van der Waals surface area contributed by atoms with Crippen LogP contribution < -0.4 is 5.73 Å². The van der Waals surface area contributed by atoms with E-state index in [1.807, 2.05) is 24.3 Å². The van der Waals surface area contributed by atoms with Gasteiger partial charge in [0.2, 0.25) is 5.91 Å². The van der Waals surface area contributed by atoms with E-state index in [4.69, 9.17) is 22.1 Å². The number of nitrogens with two attached hydrogens (primary N) is 1. The van der Waals surface area contributed by atoms with Crippen molar-refractivity contribution in [1.29, 1.82) is 0 Å². The normalized spacial score (nSPS) is 12.2. The summed E-state index contributed by atoms with van der Waals surface area (Å²) in [5.41, 5.74) is 6.86. The topological polar surface area (TPSA) is 55.6 Å². The Morgan fingerprint density at radius 2 is 2.26 bits per heavy atom. The molecule has 0 aliphatic heterocycles. The molecule has 2 N–H and O–H groups in total. The quantitative estimate of drug-likeness (QED) is 0.780. The predicted octanol–water partition coefficient (Wildman–Crippen LogP) is 2.05. The Bertz CT molecular complexity index is 412. The molecule has 0 heterocycles. The maximum Gasteiger partial charge on any atom is 0.239 e. The van der Waals surface area contributed by atoms with Crippen LogP contribution in [0.5, 0.6) is 0 Å². The lowest BCUT2D eigenvalue weighted by Gasteiger charge is -2.21. The van der Waals surface area contributed by atoms with Gasteiger partial charge in [0, 0.05) is 32.3 Å². The number of carbonyl (C=O) groups is 1. The van der Waals surface area contributed by atoms with Crippen LogP contribution in [0.3, 0.4) is 0 Å². The van der Waals surface area contributed by atoms with Gasteiger partial charge in [-0.3, -0.25) is 4.79 Å². The van der Waals surface area contributed by atoms with Crippen molar-refractivity contribution in [2.24, 2.45) is 5.73 Å². The fraction of sp³-hybridized carbons (Fsp3) is 0.500. The molecule has 0 saturated heterocycles. The summed E-state index contributed by atoms with van der Waals surface area (Å²) in [5.74, 6) is -0.0592. The van der Waals surface area contributed by atoms with Gasteiger partial charge in [0.15, 0.2) is 0 Å². The van der Waals surface area contributed by atoms with E-state index in [1.54, 1.807) is 19.1 Å². The SMILES string of the molecule is COCCCC(N)C(=O)N(C)Cc1cccc(Cl)c1. The number of ether oxygens (including phenoxy) is 1. The van der Waals surface area contributed by atoms with Gasteiger partial charge in [0.1, 0.15) is 0 Å². The van der Waals surface area contributed by atoms with Crippen LogP contribution in [0.2, 0.25) is 5.02 Å². The molecule has 106 valence electrons. The first-order valence-corrected chi connectivity index (χ1v) is 6.66. The van der Waals surface area contributed by atoms with Crippen molar-refractivity contribution in [2.75, 3.05) is 20.8 Å². The number of likely N-dealkylation sites (N-methyl/N-ethyl adjacent to an activating group) is 1. The summed E-state index contributed by atoms with van der Waals surface area (Å²) in [6.07, 6.45) is 1.42. The highest BCUT2D eigenvalue weighted by molar-refractivity contribution is 6.30. The number of carbonyl (C=O) groups excluding carboxylic acids is 1. The molecule has 1 unspecified atom stereocenters. The molecule has 5 heteroatoms. The standard InChI is InChI=1S/C14H21ClN2O2/c1-17(10-11-5-3-6-12(15)9-11)14(18)13(16)7-4-8-19-2/h3,5-6,9,13H,4,7-8,10,16H2,1-2H3. The number of halogens is 1. The molecule has 0 bridgehead atoms. The van der Waals surface area contributed by atoms with E-state index >= 15 is 0 Å². The summed E-state index contributed by atoms with van der Waals surface area (Å²) in [4.78, 5) is 13.7. The smallest absolute Gasteiger partial charge is 0.239 e. The highest BCUT2D eigenvalue weighted by Crippen LogP contribution is 2.12. The van der Waals surface area contributed by atoms with Gasteiger partial charge in [-0.05, 0) is 30.5 Å². The fourth-order valence-corrected chi connectivity index (χ4v) is 2.05. The Morgan fingerprint density at radius 1 is 1.53 bits per heavy atom. The number of benzene rings is 1. The second kappa shape index (κ2) is 8.15. The molecule has 0 spiro atoms. The molecule has 1 aromatic rings. The van der Waals surface area contributed by atoms with Crippen LogP contribution in [0.15, 0.2) is 24.3 Å². The van der Waals surface area contributed by atoms with Crippen molar-refractivity contribution in [2.45, 2.75) is 25.4 Å². The predicted molar refractivity (Wildman–Crippen MR) is 77.0 cm³/mol. The summed E-state index contributed by atoms with van der Waals surface area (Å²) in [6, 6.07) is 6.99. The first kappa shape index (κ1) is 16.0. The zero-order valence-electron chi connectivity index (χ0n) is 11.4. The minimum atomic E-state index is -0.473. The molecule has 19 heavy (non-hydrogen) atoms. The van der Waals surface area contributed by atoms with Crippen LogP contribution in [-0.4, -0.2) is 37.6 Å². The van der Waals surface area contributed by atoms with E-state index in [1.165, 1.54) is 0 Å². The molecule has 0 aliphatic carbocycles. The third kappa shape index (κ3) is 5.59. The molecule has 0 aromatic heterocycles. The minimum absolute atomic E-state index is 0.0592. The molecule has 1 amide bonds. The summed E-state index contributed by atoms with van der Waals surface area (Å²) in [7, 11) is 3.39. The highest BCUT2D eigenvalue weighted by Gasteiger charge is 2.17. The molecular weight excluding hydrogens is 264 g/mol. The summed E-state index contributed by atoms with van der Waals surface area (Å²) in [5, 5.41) is 0.669. The number of amides is 1. The van der Waals surface area contributed by atoms with E-state index in [2.05, 4.69) is 0 Å². The monoisotopic (exact) mass is 284 g/mol. The van der Waals surface area contributed by atoms with E-state index < -0.39 is 6.04 Å². The minimum Gasteiger partial charge on any atom is -0.385 e. The highest BCUT2D eigenvalue weighted by atomic mass is 35.5. The van der Waals surface area contributed by atoms with Crippen molar-refractivity contribution < 1.29 is 9.53 Å². The molecule has 0 aliphatic rings. The summed E-state index contributed by atoms with van der Waals surface area (Å²) >= 11 is 5.91. The van der Waals surface area contributed by atoms with Gasteiger partial charge < -0.3 is 15.4 Å². The molecule has 1 atom stereocenters. The first-order chi connectivity index (χ1) is 9.04. The third-order valence-corrected chi connectivity index (χ3v) is 3.10. The Hall–Kier alpha value is -1.10. The molecule has 0 fully saturated rings.